The van der Waals surface area contributed by atoms with E-state index < -0.39 is 13.5 Å². The van der Waals surface area contributed by atoms with Crippen LogP contribution >= 0.6 is 7.60 Å². The molecule has 2 aromatic carbocycles. The second-order valence-corrected chi connectivity index (χ2v) is 10.2. The van der Waals surface area contributed by atoms with Crippen LogP contribution in [0.3, 0.4) is 0 Å². The molecule has 9 nitrogen and oxygen atoms in total. The van der Waals surface area contributed by atoms with E-state index in [1.807, 2.05) is 0 Å². The molecule has 2 heterocycles. The second kappa shape index (κ2) is 10.7. The van der Waals surface area contributed by atoms with Gasteiger partial charge in [0.1, 0.15) is 11.3 Å². The molecule has 0 aliphatic carbocycles. The van der Waals surface area contributed by atoms with Gasteiger partial charge in [-0.2, -0.15) is 0 Å². The average molecular weight is 515 g/mol. The van der Waals surface area contributed by atoms with Crippen molar-refractivity contribution in [2.75, 3.05) is 25.9 Å². The van der Waals surface area contributed by atoms with Gasteiger partial charge in [-0.15, -0.1) is 0 Å². The largest absolute Gasteiger partial charge is 0.505 e. The molecule has 3 N–H and O–H groups in total. The summed E-state index contributed by atoms with van der Waals surface area (Å²) in [7, 11) is -3.36. The fourth-order valence-electron chi connectivity index (χ4n) is 4.13. The van der Waals surface area contributed by atoms with Gasteiger partial charge < -0.3 is 29.1 Å². The summed E-state index contributed by atoms with van der Waals surface area (Å²) in [5, 5.41) is 25.4. The number of nitrogens with zero attached hydrogens (tertiary/aromatic N) is 2. The van der Waals surface area contributed by atoms with Gasteiger partial charge in [-0.3, -0.25) is 14.3 Å². The Hall–Kier alpha value is -3.46. The molecule has 1 amide bonds. The lowest BCUT2D eigenvalue weighted by Gasteiger charge is -2.17. The Morgan fingerprint density at radius 2 is 1.81 bits per heavy atom. The summed E-state index contributed by atoms with van der Waals surface area (Å²) in [6.07, 6.45) is 3.01. The highest BCUT2D eigenvalue weighted by atomic mass is 31.2. The van der Waals surface area contributed by atoms with Gasteiger partial charge in [0, 0.05) is 29.7 Å². The van der Waals surface area contributed by atoms with Crippen molar-refractivity contribution < 1.29 is 33.0 Å². The number of pyridine rings is 1. The molecule has 4 aromatic rings. The van der Waals surface area contributed by atoms with Crippen molar-refractivity contribution in [1.82, 2.24) is 14.9 Å². The molecule has 0 saturated carbocycles. The number of phenols is 1. The molecular weight excluding hydrogens is 488 g/mol. The maximum absolute atomic E-state index is 13.4. The molecule has 2 aromatic heterocycles. The third-order valence-corrected chi connectivity index (χ3v) is 7.75. The van der Waals surface area contributed by atoms with E-state index in [0.29, 0.717) is 16.3 Å². The summed E-state index contributed by atoms with van der Waals surface area (Å²) < 4.78 is 38.1. The zero-order valence-electron chi connectivity index (χ0n) is 19.9. The summed E-state index contributed by atoms with van der Waals surface area (Å²) >= 11 is 0. The van der Waals surface area contributed by atoms with E-state index >= 15 is 0 Å². The number of nitrogens with one attached hydrogen (secondary N) is 1. The third kappa shape index (κ3) is 5.06. The number of aromatic hydroxyl groups is 2. The summed E-state index contributed by atoms with van der Waals surface area (Å²) in [5.41, 5.74) is 1.06. The Bertz CT molecular complexity index is 1440. The van der Waals surface area contributed by atoms with Crippen molar-refractivity contribution in [3.05, 3.63) is 65.7 Å². The monoisotopic (exact) mass is 515 g/mol. The molecule has 0 atom stereocenters. The highest BCUT2D eigenvalue weighted by Crippen LogP contribution is 2.47. The van der Waals surface area contributed by atoms with E-state index in [1.165, 1.54) is 22.9 Å². The topological polar surface area (TPSA) is 123 Å². The lowest BCUT2D eigenvalue weighted by atomic mass is 10.0. The van der Waals surface area contributed by atoms with Crippen molar-refractivity contribution in [2.24, 2.45) is 0 Å². The minimum absolute atomic E-state index is 0.0164. The van der Waals surface area contributed by atoms with Crippen LogP contribution in [0, 0.1) is 5.82 Å². The molecule has 0 radical (unpaired) electrons. The molecule has 4 rings (SSSR count). The second-order valence-electron chi connectivity index (χ2n) is 8.04. The third-order valence-electron chi connectivity index (χ3n) is 5.67. The predicted octanol–water partition coefficient (Wildman–Crippen LogP) is 4.78. The van der Waals surface area contributed by atoms with E-state index in [0.717, 1.165) is 0 Å². The number of carbonyl (C=O) groups is 1. The molecule has 0 unspecified atom stereocenters. The number of fused-ring (bicyclic) bond motifs is 2. The number of aromatic nitrogens is 2. The fraction of sp³-hybridized carbons (Fsp3) is 0.280. The molecule has 0 aliphatic rings. The lowest BCUT2D eigenvalue weighted by Crippen LogP contribution is -2.27. The lowest BCUT2D eigenvalue weighted by molar-refractivity contribution is 0.0958. The zero-order chi connectivity index (χ0) is 25.9. The number of phenolic OH excluding ortho intramolecular Hbond substituents is 1. The molecule has 0 saturated heterocycles. The van der Waals surface area contributed by atoms with Crippen LogP contribution in [0.1, 0.15) is 29.8 Å². The number of hydrogen-bond acceptors (Lipinski definition) is 7. The summed E-state index contributed by atoms with van der Waals surface area (Å²) in [5.74, 6) is -1.40. The minimum Gasteiger partial charge on any atom is -0.505 e. The van der Waals surface area contributed by atoms with Crippen LogP contribution in [0.25, 0.3) is 21.7 Å². The Balaban J connectivity index is 1.74. The normalized spacial score (nSPS) is 11.9. The first-order valence-corrected chi connectivity index (χ1v) is 13.2. The first-order valence-electron chi connectivity index (χ1n) is 11.5. The van der Waals surface area contributed by atoms with E-state index in [-0.39, 0.29) is 66.4 Å². The molecule has 11 heteroatoms. The number of rotatable bonds is 10. The zero-order valence-corrected chi connectivity index (χ0v) is 20.8. The van der Waals surface area contributed by atoms with Crippen LogP contribution in [-0.2, 0) is 20.2 Å². The molecule has 0 aliphatic heterocycles. The van der Waals surface area contributed by atoms with Crippen LogP contribution in [0.4, 0.5) is 4.39 Å². The van der Waals surface area contributed by atoms with Crippen LogP contribution in [0.5, 0.6) is 11.6 Å². The summed E-state index contributed by atoms with van der Waals surface area (Å²) in [6.45, 7) is 4.03. The highest BCUT2D eigenvalue weighted by Gasteiger charge is 2.26. The minimum atomic E-state index is -3.36. The number of amides is 1. The van der Waals surface area contributed by atoms with Gasteiger partial charge in [-0.25, -0.2) is 4.39 Å². The van der Waals surface area contributed by atoms with Crippen molar-refractivity contribution in [1.29, 1.82) is 0 Å². The smallest absolute Gasteiger partial charge is 0.332 e. The van der Waals surface area contributed by atoms with Gasteiger partial charge in [0.2, 0.25) is 5.88 Å². The van der Waals surface area contributed by atoms with Crippen LogP contribution in [0.15, 0.2) is 48.8 Å². The van der Waals surface area contributed by atoms with Crippen LogP contribution in [-0.4, -0.2) is 51.6 Å². The molecule has 0 spiro atoms. The van der Waals surface area contributed by atoms with Crippen molar-refractivity contribution >= 4 is 35.2 Å². The highest BCUT2D eigenvalue weighted by molar-refractivity contribution is 7.53. The first kappa shape index (κ1) is 25.6. The Kier molecular flexibility index (Phi) is 7.59. The van der Waals surface area contributed by atoms with Crippen molar-refractivity contribution in [2.45, 2.75) is 20.4 Å². The van der Waals surface area contributed by atoms with Gasteiger partial charge in [0.15, 0.2) is 5.75 Å². The standard InChI is InChI=1S/C25H27FN3O6P/c1-3-34-36(33,35-4-2)13-12-28-24(31)20-18-6-5-11-27-22(18)23(30)21-19(20)15-29(25(21)32)14-16-7-9-17(26)10-8-16/h5-11,15,30,32H,3-4,12-14H2,1-2H3,(H,28,31). The van der Waals surface area contributed by atoms with E-state index in [2.05, 4.69) is 10.3 Å². The Labute approximate surface area is 207 Å². The van der Waals surface area contributed by atoms with Gasteiger partial charge in [0.05, 0.1) is 36.9 Å². The van der Waals surface area contributed by atoms with E-state index in [4.69, 9.17) is 9.05 Å². The van der Waals surface area contributed by atoms with Crippen LogP contribution in [0.2, 0.25) is 0 Å². The predicted molar refractivity (Wildman–Crippen MR) is 134 cm³/mol. The number of hydrogen-bond donors (Lipinski definition) is 3. The quantitative estimate of drug-likeness (QED) is 0.260. The maximum atomic E-state index is 13.4. The van der Waals surface area contributed by atoms with Crippen molar-refractivity contribution in [3.63, 3.8) is 0 Å². The molecule has 0 bridgehead atoms. The van der Waals surface area contributed by atoms with E-state index in [1.54, 1.807) is 44.3 Å². The fourth-order valence-corrected chi connectivity index (χ4v) is 5.64. The van der Waals surface area contributed by atoms with Gasteiger partial charge in [-0.05, 0) is 37.6 Å². The molecule has 190 valence electrons. The van der Waals surface area contributed by atoms with E-state index in [9.17, 15) is 24.0 Å². The number of benzene rings is 2. The van der Waals surface area contributed by atoms with Crippen molar-refractivity contribution in [3.8, 4) is 11.6 Å². The molecule has 0 fully saturated rings. The molecular formula is C25H27FN3O6P. The first-order chi connectivity index (χ1) is 17.3. The maximum Gasteiger partial charge on any atom is 0.332 e. The summed E-state index contributed by atoms with van der Waals surface area (Å²) in [4.78, 5) is 17.6. The Morgan fingerprint density at radius 1 is 1.11 bits per heavy atom. The Morgan fingerprint density at radius 3 is 2.47 bits per heavy atom. The van der Waals surface area contributed by atoms with Crippen LogP contribution < -0.4 is 5.32 Å². The summed E-state index contributed by atoms with van der Waals surface area (Å²) in [6, 6.07) is 9.08. The molecule has 36 heavy (non-hydrogen) atoms. The van der Waals surface area contributed by atoms with Gasteiger partial charge in [0.25, 0.3) is 5.91 Å². The van der Waals surface area contributed by atoms with Gasteiger partial charge in [-0.1, -0.05) is 18.2 Å². The van der Waals surface area contributed by atoms with Gasteiger partial charge >= 0.3 is 7.60 Å². The number of carbonyl (C=O) groups excluding carboxylic acids is 1. The number of halogens is 1. The average Bonchev–Trinajstić information content (AvgIpc) is 3.16. The SMILES string of the molecule is CCOP(=O)(CCNC(=O)c1c2cccnc2c(O)c2c(O)n(Cc3ccc(F)cc3)cc12)OCC.